The summed E-state index contributed by atoms with van der Waals surface area (Å²) in [4.78, 5) is 4.63. The fourth-order valence-corrected chi connectivity index (χ4v) is 3.23. The van der Waals surface area contributed by atoms with Crippen LogP contribution < -0.4 is 0 Å². The molecule has 0 atom stereocenters. The van der Waals surface area contributed by atoms with Crippen LogP contribution in [0, 0.1) is 6.92 Å². The van der Waals surface area contributed by atoms with Crippen LogP contribution in [-0.4, -0.2) is 6.21 Å². The molecule has 2 rings (SSSR count). The van der Waals surface area contributed by atoms with Gasteiger partial charge in [0.05, 0.1) is 6.54 Å². The summed E-state index contributed by atoms with van der Waals surface area (Å²) in [6, 6.07) is 17.6. The van der Waals surface area contributed by atoms with Crippen molar-refractivity contribution in [3.8, 4) is 0 Å². The van der Waals surface area contributed by atoms with E-state index in [1.807, 2.05) is 6.21 Å². The normalized spacial score (nSPS) is 12.0. The number of unbranched alkanes of at least 4 members (excludes halogenated alkanes) is 5. The summed E-state index contributed by atoms with van der Waals surface area (Å²) in [7, 11) is 0. The molecule has 0 unspecified atom stereocenters. The maximum Gasteiger partial charge on any atom is 0.0639 e. The second kappa shape index (κ2) is 12.3. The molecular formula is C26H35N. The van der Waals surface area contributed by atoms with Gasteiger partial charge >= 0.3 is 0 Å². The first kappa shape index (κ1) is 21.2. The monoisotopic (exact) mass is 361 g/mol. The molecule has 2 aromatic rings. The molecule has 27 heavy (non-hydrogen) atoms. The zero-order valence-electron chi connectivity index (χ0n) is 17.4. The third-order valence-electron chi connectivity index (χ3n) is 5.04. The molecule has 0 radical (unpaired) electrons. The number of allylic oxidation sites excluding steroid dienone is 2. The maximum absolute atomic E-state index is 4.63. The van der Waals surface area contributed by atoms with Crippen molar-refractivity contribution in [3.05, 3.63) is 76.9 Å². The highest BCUT2D eigenvalue weighted by atomic mass is 14.7. The minimum atomic E-state index is 0.730. The minimum Gasteiger partial charge on any atom is -0.288 e. The standard InChI is InChI=1S/C26H35N/c1-4-6-7-8-9-10-11-23-16-18-26(19-17-23)25(5-2)21-27-20-24-14-12-22(3)13-15-24/h5,12-19,21H,4,6-11,20H2,1-3H3/b25-5+,27-21?. The van der Waals surface area contributed by atoms with Gasteiger partial charge in [-0.2, -0.15) is 0 Å². The largest absolute Gasteiger partial charge is 0.288 e. The van der Waals surface area contributed by atoms with Gasteiger partial charge in [-0.25, -0.2) is 0 Å². The highest BCUT2D eigenvalue weighted by Gasteiger charge is 2.00. The van der Waals surface area contributed by atoms with Gasteiger partial charge in [0.1, 0.15) is 0 Å². The zero-order chi connectivity index (χ0) is 19.3. The molecule has 0 aliphatic carbocycles. The average Bonchev–Trinajstić information content (AvgIpc) is 2.70. The SMILES string of the molecule is C/C=C(\C=NCc1ccc(C)cc1)c1ccc(CCCCCCCC)cc1. The molecule has 0 heterocycles. The molecule has 0 aromatic heterocycles. The molecule has 2 aromatic carbocycles. The topological polar surface area (TPSA) is 12.4 Å². The Bertz CT molecular complexity index is 705. The van der Waals surface area contributed by atoms with Crippen LogP contribution in [0.1, 0.15) is 74.6 Å². The lowest BCUT2D eigenvalue weighted by atomic mass is 10.0. The summed E-state index contributed by atoms with van der Waals surface area (Å²) < 4.78 is 0. The van der Waals surface area contributed by atoms with E-state index < -0.39 is 0 Å². The van der Waals surface area contributed by atoms with Crippen molar-refractivity contribution in [3.63, 3.8) is 0 Å². The molecule has 0 aliphatic rings. The Balaban J connectivity index is 1.82. The third kappa shape index (κ3) is 7.95. The molecule has 0 amide bonds. The molecule has 1 heteroatoms. The van der Waals surface area contributed by atoms with Gasteiger partial charge in [0, 0.05) is 6.21 Å². The third-order valence-corrected chi connectivity index (χ3v) is 5.04. The Morgan fingerprint density at radius 3 is 2.11 bits per heavy atom. The van der Waals surface area contributed by atoms with Crippen LogP contribution in [0.15, 0.2) is 59.6 Å². The number of rotatable bonds is 11. The molecular weight excluding hydrogens is 326 g/mol. The van der Waals surface area contributed by atoms with Gasteiger partial charge in [-0.3, -0.25) is 4.99 Å². The Hall–Kier alpha value is -2.15. The Labute approximate surface area is 166 Å². The van der Waals surface area contributed by atoms with Crippen LogP contribution in [0.3, 0.4) is 0 Å². The number of hydrogen-bond donors (Lipinski definition) is 0. The Morgan fingerprint density at radius 1 is 0.815 bits per heavy atom. The predicted octanol–water partition coefficient (Wildman–Crippen LogP) is 7.57. The molecule has 144 valence electrons. The molecule has 0 spiro atoms. The van der Waals surface area contributed by atoms with E-state index in [1.165, 1.54) is 72.8 Å². The van der Waals surface area contributed by atoms with E-state index in [-0.39, 0.29) is 0 Å². The van der Waals surface area contributed by atoms with E-state index in [1.54, 1.807) is 0 Å². The second-order valence-electron chi connectivity index (χ2n) is 7.41. The lowest BCUT2D eigenvalue weighted by Gasteiger charge is -2.06. The first-order chi connectivity index (χ1) is 13.2. The van der Waals surface area contributed by atoms with Crippen LogP contribution in [-0.2, 0) is 13.0 Å². The number of benzene rings is 2. The first-order valence-electron chi connectivity index (χ1n) is 10.5. The smallest absolute Gasteiger partial charge is 0.0639 e. The molecule has 0 saturated heterocycles. The van der Waals surface area contributed by atoms with E-state index >= 15 is 0 Å². The van der Waals surface area contributed by atoms with Crippen LogP contribution in [0.4, 0.5) is 0 Å². The molecule has 0 aliphatic heterocycles. The van der Waals surface area contributed by atoms with Gasteiger partial charge in [-0.15, -0.1) is 0 Å². The number of aryl methyl sites for hydroxylation is 2. The molecule has 0 N–H and O–H groups in total. The summed E-state index contributed by atoms with van der Waals surface area (Å²) in [5.41, 5.74) is 6.42. The van der Waals surface area contributed by atoms with E-state index in [4.69, 9.17) is 0 Å². The predicted molar refractivity (Wildman–Crippen MR) is 121 cm³/mol. The second-order valence-corrected chi connectivity index (χ2v) is 7.41. The lowest BCUT2D eigenvalue weighted by Crippen LogP contribution is -1.90. The summed E-state index contributed by atoms with van der Waals surface area (Å²) in [6.07, 6.45) is 13.5. The zero-order valence-corrected chi connectivity index (χ0v) is 17.4. The lowest BCUT2D eigenvalue weighted by molar-refractivity contribution is 0.607. The van der Waals surface area contributed by atoms with Crippen molar-refractivity contribution in [2.24, 2.45) is 4.99 Å². The number of nitrogens with zero attached hydrogens (tertiary/aromatic N) is 1. The van der Waals surface area contributed by atoms with Crippen LogP contribution in [0.25, 0.3) is 5.57 Å². The summed E-state index contributed by atoms with van der Waals surface area (Å²) in [6.45, 7) is 7.19. The van der Waals surface area contributed by atoms with E-state index in [9.17, 15) is 0 Å². The van der Waals surface area contributed by atoms with Crippen molar-refractivity contribution in [2.45, 2.75) is 72.3 Å². The Morgan fingerprint density at radius 2 is 1.44 bits per heavy atom. The van der Waals surface area contributed by atoms with Crippen molar-refractivity contribution >= 4 is 11.8 Å². The van der Waals surface area contributed by atoms with Gasteiger partial charge in [-0.1, -0.05) is 99.2 Å². The van der Waals surface area contributed by atoms with Crippen molar-refractivity contribution < 1.29 is 0 Å². The molecule has 0 fully saturated rings. The highest BCUT2D eigenvalue weighted by molar-refractivity contribution is 6.09. The quantitative estimate of drug-likeness (QED) is 0.289. The van der Waals surface area contributed by atoms with E-state index in [0.717, 1.165) is 6.54 Å². The van der Waals surface area contributed by atoms with Crippen LogP contribution in [0.5, 0.6) is 0 Å². The van der Waals surface area contributed by atoms with E-state index in [2.05, 4.69) is 80.4 Å². The molecule has 0 bridgehead atoms. The summed E-state index contributed by atoms with van der Waals surface area (Å²) >= 11 is 0. The van der Waals surface area contributed by atoms with E-state index in [0.29, 0.717) is 0 Å². The fraction of sp³-hybridized carbons (Fsp3) is 0.423. The van der Waals surface area contributed by atoms with Gasteiger partial charge in [0.15, 0.2) is 0 Å². The number of hydrogen-bond acceptors (Lipinski definition) is 1. The Kier molecular flexibility index (Phi) is 9.62. The molecule has 0 saturated carbocycles. The maximum atomic E-state index is 4.63. The number of aliphatic imine (C=N–C) groups is 1. The first-order valence-corrected chi connectivity index (χ1v) is 10.5. The molecule has 1 nitrogen and oxygen atoms in total. The average molecular weight is 362 g/mol. The minimum absolute atomic E-state index is 0.730. The van der Waals surface area contributed by atoms with Crippen molar-refractivity contribution in [1.82, 2.24) is 0 Å². The van der Waals surface area contributed by atoms with Crippen molar-refractivity contribution in [1.29, 1.82) is 0 Å². The summed E-state index contributed by atoms with van der Waals surface area (Å²) in [5, 5.41) is 0. The summed E-state index contributed by atoms with van der Waals surface area (Å²) in [5.74, 6) is 0. The fourth-order valence-electron chi connectivity index (χ4n) is 3.23. The van der Waals surface area contributed by atoms with Gasteiger partial charge in [0.25, 0.3) is 0 Å². The van der Waals surface area contributed by atoms with Gasteiger partial charge in [0.2, 0.25) is 0 Å². The van der Waals surface area contributed by atoms with Gasteiger partial charge in [-0.05, 0) is 49.0 Å². The highest BCUT2D eigenvalue weighted by Crippen LogP contribution is 2.16. The van der Waals surface area contributed by atoms with Crippen molar-refractivity contribution in [2.75, 3.05) is 0 Å². The van der Waals surface area contributed by atoms with Gasteiger partial charge < -0.3 is 0 Å². The van der Waals surface area contributed by atoms with Crippen LogP contribution >= 0.6 is 0 Å². The van der Waals surface area contributed by atoms with Crippen LogP contribution in [0.2, 0.25) is 0 Å².